The summed E-state index contributed by atoms with van der Waals surface area (Å²) >= 11 is 6.36. The maximum atomic E-state index is 13.1. The Balaban J connectivity index is 0.00000289. The number of aromatic nitrogens is 2. The van der Waals surface area contributed by atoms with E-state index in [4.69, 9.17) is 11.6 Å². The van der Waals surface area contributed by atoms with E-state index in [2.05, 4.69) is 10.3 Å². The topological polar surface area (TPSA) is 90.3 Å². The monoisotopic (exact) mass is 472 g/mol. The zero-order chi connectivity index (χ0) is 22.5. The molecular weight excluding hydrogens is 453 g/mol. The van der Waals surface area contributed by atoms with Crippen molar-refractivity contribution in [3.8, 4) is 0 Å². The van der Waals surface area contributed by atoms with Gasteiger partial charge in [0.2, 0.25) is 5.92 Å². The molecule has 3 aromatic rings. The molecule has 1 aromatic carbocycles. The Morgan fingerprint density at radius 1 is 1.28 bits per heavy atom. The molecule has 1 aliphatic rings. The Labute approximate surface area is 209 Å². The first-order valence-corrected chi connectivity index (χ1v) is 10.1. The predicted octanol–water partition coefficient (Wildman–Crippen LogP) is -0.520. The molecule has 7 nitrogen and oxygen atoms in total. The summed E-state index contributed by atoms with van der Waals surface area (Å²) in [6.45, 7) is -0.235. The number of nitrogens with one attached hydrogen (secondary N) is 1. The van der Waals surface area contributed by atoms with Crippen LogP contribution in [0.15, 0.2) is 29.1 Å². The molecule has 32 heavy (non-hydrogen) atoms. The number of pyridine rings is 2. The van der Waals surface area contributed by atoms with Gasteiger partial charge < -0.3 is 24.7 Å². The van der Waals surface area contributed by atoms with E-state index >= 15 is 0 Å². The molecule has 0 atom stereocenters. The number of alkyl halides is 2. The van der Waals surface area contributed by atoms with E-state index in [-0.39, 0.29) is 64.8 Å². The molecule has 1 saturated carbocycles. The molecule has 1 aliphatic carbocycles. The van der Waals surface area contributed by atoms with Gasteiger partial charge in [0.1, 0.15) is 11.5 Å². The van der Waals surface area contributed by atoms with Gasteiger partial charge in [0.25, 0.3) is 0 Å². The van der Waals surface area contributed by atoms with Gasteiger partial charge in [-0.1, -0.05) is 11.6 Å². The first kappa shape index (κ1) is 24.7. The molecule has 1 N–H and O–H groups in total. The van der Waals surface area contributed by atoms with Crippen LogP contribution < -0.4 is 50.3 Å². The molecule has 0 bridgehead atoms. The van der Waals surface area contributed by atoms with Crippen LogP contribution in [0.5, 0.6) is 0 Å². The van der Waals surface area contributed by atoms with E-state index in [0.29, 0.717) is 34.0 Å². The fourth-order valence-corrected chi connectivity index (χ4v) is 4.40. The fraction of sp³-hybridized carbons (Fsp3) is 0.381. The van der Waals surface area contributed by atoms with Crippen molar-refractivity contribution in [2.75, 3.05) is 30.9 Å². The van der Waals surface area contributed by atoms with Crippen LogP contribution in [0, 0.1) is 5.92 Å². The molecule has 164 valence electrons. The maximum Gasteiger partial charge on any atom is 1.00 e. The number of carbonyl (C=O) groups is 1. The third-order valence-electron chi connectivity index (χ3n) is 5.47. The van der Waals surface area contributed by atoms with Crippen LogP contribution in [0.4, 0.5) is 20.3 Å². The number of benzene rings is 1. The smallest absolute Gasteiger partial charge is 0.548 e. The molecular formula is C21H20ClF2N4NaO3. The maximum absolute atomic E-state index is 13.1. The first-order valence-electron chi connectivity index (χ1n) is 9.72. The van der Waals surface area contributed by atoms with Crippen LogP contribution in [-0.4, -0.2) is 42.1 Å². The van der Waals surface area contributed by atoms with E-state index in [0.717, 1.165) is 0 Å². The van der Waals surface area contributed by atoms with Gasteiger partial charge in [-0.05, 0) is 30.2 Å². The molecule has 0 radical (unpaired) electrons. The first-order chi connectivity index (χ1) is 14.6. The second-order valence-corrected chi connectivity index (χ2v) is 8.46. The third-order valence-corrected chi connectivity index (χ3v) is 5.78. The standard InChI is InChI=1S/C21H21ClF2N4O3.Na/c1-27(2)18-14(22)5-3-12-17(18)28(10-16(29)30)20-13(19(12)31)4-6-15(26-20)25-9-11-7-21(23,24)8-11;/h3-6,11H,7-10H2,1-2H3,(H,25,26)(H,29,30);/q;+1/p-1. The molecule has 0 spiro atoms. The van der Waals surface area contributed by atoms with Crippen LogP contribution in [-0.2, 0) is 11.3 Å². The van der Waals surface area contributed by atoms with Crippen molar-refractivity contribution in [3.63, 3.8) is 0 Å². The minimum Gasteiger partial charge on any atom is -0.548 e. The summed E-state index contributed by atoms with van der Waals surface area (Å²) in [5, 5.41) is 15.5. The zero-order valence-corrected chi connectivity index (χ0v) is 20.7. The van der Waals surface area contributed by atoms with Crippen molar-refractivity contribution in [3.05, 3.63) is 39.5 Å². The largest absolute Gasteiger partial charge is 1.00 e. The number of hydrogen-bond donors (Lipinski definition) is 1. The summed E-state index contributed by atoms with van der Waals surface area (Å²) in [4.78, 5) is 30.8. The van der Waals surface area contributed by atoms with Gasteiger partial charge in [-0.25, -0.2) is 13.8 Å². The molecule has 0 amide bonds. The zero-order valence-electron chi connectivity index (χ0n) is 17.9. The number of nitrogens with zero attached hydrogens (tertiary/aromatic N) is 3. The van der Waals surface area contributed by atoms with Gasteiger partial charge in [0.15, 0.2) is 5.43 Å². The van der Waals surface area contributed by atoms with Gasteiger partial charge in [-0.15, -0.1) is 0 Å². The van der Waals surface area contributed by atoms with Crippen LogP contribution in [0.3, 0.4) is 0 Å². The molecule has 0 unspecified atom stereocenters. The van der Waals surface area contributed by atoms with Crippen LogP contribution in [0.25, 0.3) is 21.9 Å². The molecule has 0 saturated heterocycles. The Bertz CT molecular complexity index is 1260. The van der Waals surface area contributed by atoms with Gasteiger partial charge in [0.05, 0.1) is 34.1 Å². The molecule has 0 aliphatic heterocycles. The number of carboxylic acid groups (broad SMARTS) is 1. The Morgan fingerprint density at radius 2 is 1.94 bits per heavy atom. The predicted molar refractivity (Wildman–Crippen MR) is 114 cm³/mol. The molecule has 1 fully saturated rings. The van der Waals surface area contributed by atoms with Crippen molar-refractivity contribution < 1.29 is 48.2 Å². The summed E-state index contributed by atoms with van der Waals surface area (Å²) in [6, 6.07) is 6.28. The van der Waals surface area contributed by atoms with Gasteiger partial charge in [0, 0.05) is 38.9 Å². The number of anilines is 2. The van der Waals surface area contributed by atoms with Crippen molar-refractivity contribution >= 4 is 51.0 Å². The quantitative estimate of drug-likeness (QED) is 0.383. The summed E-state index contributed by atoms with van der Waals surface area (Å²) in [5.74, 6) is -3.78. The molecule has 2 heterocycles. The van der Waals surface area contributed by atoms with Crippen molar-refractivity contribution in [2.24, 2.45) is 5.92 Å². The van der Waals surface area contributed by atoms with Crippen molar-refractivity contribution in [1.82, 2.24) is 9.55 Å². The number of fused-ring (bicyclic) bond motifs is 2. The number of aliphatic carboxylic acids is 1. The van der Waals surface area contributed by atoms with Crippen LogP contribution in [0.2, 0.25) is 5.02 Å². The average molecular weight is 473 g/mol. The Morgan fingerprint density at radius 3 is 2.53 bits per heavy atom. The number of hydrogen-bond acceptors (Lipinski definition) is 6. The Hall–Kier alpha value is -1.94. The number of halogens is 3. The Kier molecular flexibility index (Phi) is 7.05. The number of rotatable bonds is 6. The second kappa shape index (κ2) is 9.13. The van der Waals surface area contributed by atoms with Crippen molar-refractivity contribution in [1.29, 1.82) is 0 Å². The van der Waals surface area contributed by atoms with Crippen LogP contribution in [0.1, 0.15) is 12.8 Å². The minimum absolute atomic E-state index is 0. The number of carboxylic acids is 1. The second-order valence-electron chi connectivity index (χ2n) is 8.05. The van der Waals surface area contributed by atoms with E-state index < -0.39 is 18.4 Å². The summed E-state index contributed by atoms with van der Waals surface area (Å²) in [7, 11) is 3.47. The average Bonchev–Trinajstić information content (AvgIpc) is 2.66. The van der Waals surface area contributed by atoms with E-state index in [1.807, 2.05) is 0 Å². The van der Waals surface area contributed by atoms with Gasteiger partial charge >= 0.3 is 29.6 Å². The van der Waals surface area contributed by atoms with Crippen LogP contribution >= 0.6 is 11.6 Å². The molecule has 4 rings (SSSR count). The minimum atomic E-state index is -2.61. The van der Waals surface area contributed by atoms with Gasteiger partial charge in [-0.3, -0.25) is 4.79 Å². The van der Waals surface area contributed by atoms with E-state index in [1.54, 1.807) is 43.3 Å². The van der Waals surface area contributed by atoms with E-state index in [1.165, 1.54) is 4.57 Å². The summed E-state index contributed by atoms with van der Waals surface area (Å²) in [6.07, 6.45) is -0.364. The van der Waals surface area contributed by atoms with E-state index in [9.17, 15) is 23.5 Å². The van der Waals surface area contributed by atoms with Gasteiger partial charge in [-0.2, -0.15) is 0 Å². The molecule has 2 aromatic heterocycles. The molecule has 11 heteroatoms. The fourth-order valence-electron chi connectivity index (χ4n) is 4.08. The summed E-state index contributed by atoms with van der Waals surface area (Å²) in [5.41, 5.74) is 0.659. The van der Waals surface area contributed by atoms with Crippen molar-refractivity contribution in [2.45, 2.75) is 25.3 Å². The number of carbonyl (C=O) groups excluding carboxylic acids is 1. The third kappa shape index (κ3) is 4.57. The SMILES string of the molecule is CN(C)c1c(Cl)ccc2c(=O)c3ccc(NCC4CC(F)(F)C4)nc3n(CC(=O)[O-])c12.[Na+]. The normalized spacial score (nSPS) is 15.3. The summed E-state index contributed by atoms with van der Waals surface area (Å²) < 4.78 is 27.5.